The number of carbonyl (C=O) groups excluding carboxylic acids is 1. The summed E-state index contributed by atoms with van der Waals surface area (Å²) in [7, 11) is 0. The topological polar surface area (TPSA) is 88.3 Å². The number of aromatic amines is 1. The van der Waals surface area contributed by atoms with Crippen molar-refractivity contribution in [2.45, 2.75) is 12.3 Å². The molecule has 0 saturated carbocycles. The Hall–Kier alpha value is -3.48. The van der Waals surface area contributed by atoms with Crippen molar-refractivity contribution in [3.8, 4) is 11.5 Å². The van der Waals surface area contributed by atoms with Gasteiger partial charge >= 0.3 is 0 Å². The summed E-state index contributed by atoms with van der Waals surface area (Å²) >= 11 is 0. The van der Waals surface area contributed by atoms with Crippen LogP contribution in [0.25, 0.3) is 0 Å². The fraction of sp³-hybridized carbons (Fsp3) is 0.158. The average molecular weight is 348 g/mol. The van der Waals surface area contributed by atoms with E-state index in [-0.39, 0.29) is 18.6 Å². The maximum absolute atomic E-state index is 12.2. The van der Waals surface area contributed by atoms with Gasteiger partial charge in [0.15, 0.2) is 17.3 Å². The standard InChI is InChI=1S/C19H16N4O3/c24-16-9-13(11-6-7-14-15(8-11)26-10-25-14)17-18(22-23-19(17)21-16)20-12-4-2-1-3-5-12/h1-8,13H,9-10H2,(H3,20,21,22,23,24). The number of nitrogens with zero attached hydrogens (tertiary/aromatic N) is 1. The van der Waals surface area contributed by atoms with Crippen molar-refractivity contribution in [1.82, 2.24) is 10.2 Å². The molecule has 1 atom stereocenters. The molecule has 130 valence electrons. The molecule has 1 aromatic heterocycles. The van der Waals surface area contributed by atoms with Gasteiger partial charge in [0.25, 0.3) is 0 Å². The third kappa shape index (κ3) is 2.45. The zero-order valence-corrected chi connectivity index (χ0v) is 13.8. The van der Waals surface area contributed by atoms with Crippen LogP contribution in [0.3, 0.4) is 0 Å². The molecule has 1 unspecified atom stereocenters. The Kier molecular flexibility index (Phi) is 3.31. The second-order valence-electron chi connectivity index (χ2n) is 6.27. The number of para-hydroxylation sites is 1. The molecule has 2 aliphatic heterocycles. The van der Waals surface area contributed by atoms with E-state index in [0.717, 1.165) is 28.4 Å². The normalized spacial score (nSPS) is 17.5. The number of amides is 1. The lowest BCUT2D eigenvalue weighted by Gasteiger charge is -2.23. The van der Waals surface area contributed by atoms with E-state index in [1.165, 1.54) is 0 Å². The summed E-state index contributed by atoms with van der Waals surface area (Å²) in [6, 6.07) is 15.6. The highest BCUT2D eigenvalue weighted by molar-refractivity contribution is 5.95. The average Bonchev–Trinajstić information content (AvgIpc) is 3.28. The molecule has 0 bridgehead atoms. The number of hydrogen-bond donors (Lipinski definition) is 3. The molecule has 26 heavy (non-hydrogen) atoms. The first-order valence-corrected chi connectivity index (χ1v) is 8.37. The van der Waals surface area contributed by atoms with E-state index in [9.17, 15) is 4.79 Å². The summed E-state index contributed by atoms with van der Waals surface area (Å²) < 4.78 is 10.9. The summed E-state index contributed by atoms with van der Waals surface area (Å²) in [5.41, 5.74) is 2.87. The largest absolute Gasteiger partial charge is 0.454 e. The second kappa shape index (κ2) is 5.80. The molecule has 0 radical (unpaired) electrons. The highest BCUT2D eigenvalue weighted by Crippen LogP contribution is 2.43. The Morgan fingerprint density at radius 2 is 1.92 bits per heavy atom. The highest BCUT2D eigenvalue weighted by Gasteiger charge is 2.32. The molecule has 0 spiro atoms. The van der Waals surface area contributed by atoms with Gasteiger partial charge in [0.1, 0.15) is 5.82 Å². The van der Waals surface area contributed by atoms with E-state index < -0.39 is 0 Å². The highest BCUT2D eigenvalue weighted by atomic mass is 16.7. The number of anilines is 3. The van der Waals surface area contributed by atoms with E-state index in [2.05, 4.69) is 20.8 Å². The minimum Gasteiger partial charge on any atom is -0.454 e. The fourth-order valence-corrected chi connectivity index (χ4v) is 3.43. The molecular formula is C19H16N4O3. The van der Waals surface area contributed by atoms with E-state index in [1.54, 1.807) is 0 Å². The van der Waals surface area contributed by atoms with Crippen LogP contribution >= 0.6 is 0 Å². The van der Waals surface area contributed by atoms with Crippen LogP contribution in [0.15, 0.2) is 48.5 Å². The number of benzene rings is 2. The van der Waals surface area contributed by atoms with Crippen LogP contribution in [0.4, 0.5) is 17.3 Å². The summed E-state index contributed by atoms with van der Waals surface area (Å²) in [6.07, 6.45) is 0.343. The van der Waals surface area contributed by atoms with Gasteiger partial charge in [-0.3, -0.25) is 9.89 Å². The van der Waals surface area contributed by atoms with Gasteiger partial charge in [0, 0.05) is 23.6 Å². The lowest BCUT2D eigenvalue weighted by Crippen LogP contribution is -2.23. The van der Waals surface area contributed by atoms with Crippen molar-refractivity contribution in [2.75, 3.05) is 17.4 Å². The summed E-state index contributed by atoms with van der Waals surface area (Å²) in [6.45, 7) is 0.224. The van der Waals surface area contributed by atoms with Crippen molar-refractivity contribution < 1.29 is 14.3 Å². The van der Waals surface area contributed by atoms with Crippen LogP contribution in [0.5, 0.6) is 11.5 Å². The molecule has 7 nitrogen and oxygen atoms in total. The number of nitrogens with one attached hydrogen (secondary N) is 3. The lowest BCUT2D eigenvalue weighted by molar-refractivity contribution is -0.116. The maximum atomic E-state index is 12.2. The molecule has 5 rings (SSSR count). The SMILES string of the molecule is O=C1CC(c2ccc3c(c2)OCO3)c2c(n[nH]c2Nc2ccccc2)N1. The Morgan fingerprint density at radius 1 is 1.08 bits per heavy atom. The molecular weight excluding hydrogens is 332 g/mol. The van der Waals surface area contributed by atoms with Gasteiger partial charge in [-0.25, -0.2) is 0 Å². The van der Waals surface area contributed by atoms with Gasteiger partial charge < -0.3 is 20.1 Å². The van der Waals surface area contributed by atoms with Crippen molar-refractivity contribution in [2.24, 2.45) is 0 Å². The third-order valence-corrected chi connectivity index (χ3v) is 4.64. The predicted molar refractivity (Wildman–Crippen MR) is 96.0 cm³/mol. The van der Waals surface area contributed by atoms with Crippen molar-refractivity contribution in [1.29, 1.82) is 0 Å². The van der Waals surface area contributed by atoms with Crippen molar-refractivity contribution >= 4 is 23.2 Å². The second-order valence-corrected chi connectivity index (χ2v) is 6.27. The monoisotopic (exact) mass is 348 g/mol. The third-order valence-electron chi connectivity index (χ3n) is 4.64. The molecule has 1 amide bonds. The number of H-pyrrole nitrogens is 1. The smallest absolute Gasteiger partial charge is 0.231 e. The number of hydrogen-bond acceptors (Lipinski definition) is 5. The number of carbonyl (C=O) groups is 1. The number of fused-ring (bicyclic) bond motifs is 2. The molecule has 0 saturated heterocycles. The van der Waals surface area contributed by atoms with Crippen LogP contribution in [-0.2, 0) is 4.79 Å². The van der Waals surface area contributed by atoms with Gasteiger partial charge in [-0.2, -0.15) is 5.10 Å². The summed E-state index contributed by atoms with van der Waals surface area (Å²) in [4.78, 5) is 12.2. The predicted octanol–water partition coefficient (Wildman–Crippen LogP) is 3.36. The first-order chi connectivity index (χ1) is 12.8. The van der Waals surface area contributed by atoms with Crippen molar-refractivity contribution in [3.63, 3.8) is 0 Å². The number of aromatic nitrogens is 2. The fourth-order valence-electron chi connectivity index (χ4n) is 3.43. The minimum absolute atomic E-state index is 0.0575. The van der Waals surface area contributed by atoms with Crippen molar-refractivity contribution in [3.05, 3.63) is 59.7 Å². The Labute approximate surface area is 149 Å². The minimum atomic E-state index is -0.127. The first kappa shape index (κ1) is 14.8. The van der Waals surface area contributed by atoms with Crippen LogP contribution in [0.1, 0.15) is 23.5 Å². The van der Waals surface area contributed by atoms with Gasteiger partial charge in [0.2, 0.25) is 12.7 Å². The van der Waals surface area contributed by atoms with E-state index >= 15 is 0 Å². The van der Waals surface area contributed by atoms with Crippen LogP contribution in [0, 0.1) is 0 Å². The number of rotatable bonds is 3. The molecule has 3 heterocycles. The lowest BCUT2D eigenvalue weighted by atomic mass is 9.86. The maximum Gasteiger partial charge on any atom is 0.231 e. The molecule has 0 fully saturated rings. The Morgan fingerprint density at radius 3 is 2.81 bits per heavy atom. The molecule has 3 N–H and O–H groups in total. The van der Waals surface area contributed by atoms with Gasteiger partial charge in [0.05, 0.1) is 0 Å². The van der Waals surface area contributed by atoms with Gasteiger partial charge in [-0.1, -0.05) is 24.3 Å². The van der Waals surface area contributed by atoms with Gasteiger partial charge in [-0.05, 0) is 29.8 Å². The van der Waals surface area contributed by atoms with E-state index in [0.29, 0.717) is 18.0 Å². The van der Waals surface area contributed by atoms with E-state index in [1.807, 2.05) is 48.5 Å². The van der Waals surface area contributed by atoms with E-state index in [4.69, 9.17) is 9.47 Å². The molecule has 3 aromatic rings. The number of ether oxygens (including phenoxy) is 2. The summed E-state index contributed by atoms with van der Waals surface area (Å²) in [5.74, 6) is 2.58. The quantitative estimate of drug-likeness (QED) is 0.675. The van der Waals surface area contributed by atoms with Gasteiger partial charge in [-0.15, -0.1) is 0 Å². The van der Waals surface area contributed by atoms with Crippen LogP contribution in [-0.4, -0.2) is 22.9 Å². The zero-order chi connectivity index (χ0) is 17.5. The molecule has 0 aliphatic carbocycles. The molecule has 2 aromatic carbocycles. The Balaban J connectivity index is 1.56. The summed E-state index contributed by atoms with van der Waals surface area (Å²) in [5, 5.41) is 13.5. The molecule has 7 heteroatoms. The molecule has 2 aliphatic rings. The first-order valence-electron chi connectivity index (χ1n) is 8.37. The van der Waals surface area contributed by atoms with Crippen LogP contribution in [0.2, 0.25) is 0 Å². The zero-order valence-electron chi connectivity index (χ0n) is 13.8. The Bertz CT molecular complexity index is 984. The van der Waals surface area contributed by atoms with Crippen LogP contribution < -0.4 is 20.1 Å².